The lowest BCUT2D eigenvalue weighted by atomic mass is 10.2. The van der Waals surface area contributed by atoms with Gasteiger partial charge in [0.05, 0.1) is 30.6 Å². The number of nitrogens with zero attached hydrogens (tertiary/aromatic N) is 2. The molecule has 0 saturated heterocycles. The highest BCUT2D eigenvalue weighted by Gasteiger charge is 2.06. The molecule has 0 unspecified atom stereocenters. The minimum Gasteiger partial charge on any atom is -0.466 e. The number of esters is 1. The van der Waals surface area contributed by atoms with Gasteiger partial charge in [-0.25, -0.2) is 4.98 Å². The van der Waals surface area contributed by atoms with Crippen LogP contribution in [0.5, 0.6) is 0 Å². The maximum atomic E-state index is 11.3. The smallest absolute Gasteiger partial charge is 0.306 e. The predicted molar refractivity (Wildman–Crippen MR) is 79.3 cm³/mol. The molecule has 2 rings (SSSR count). The first kappa shape index (κ1) is 14.5. The van der Waals surface area contributed by atoms with Gasteiger partial charge in [0.2, 0.25) is 0 Å². The summed E-state index contributed by atoms with van der Waals surface area (Å²) in [6.07, 6.45) is 2.74. The first-order chi connectivity index (χ1) is 9.67. The summed E-state index contributed by atoms with van der Waals surface area (Å²) in [5, 5.41) is 5.94. The summed E-state index contributed by atoms with van der Waals surface area (Å²) in [5.74, 6) is -0.183. The SMILES string of the molecule is CCOC(=O)CCc1csc(Nc2ccc(C)nc2)n1. The first-order valence-corrected chi connectivity index (χ1v) is 7.35. The number of hydrogen-bond acceptors (Lipinski definition) is 6. The van der Waals surface area contributed by atoms with Gasteiger partial charge in [-0.2, -0.15) is 0 Å². The lowest BCUT2D eigenvalue weighted by Crippen LogP contribution is -2.05. The van der Waals surface area contributed by atoms with Crippen LogP contribution in [-0.4, -0.2) is 22.5 Å². The van der Waals surface area contributed by atoms with Gasteiger partial charge >= 0.3 is 5.97 Å². The Morgan fingerprint density at radius 3 is 3.00 bits per heavy atom. The molecule has 0 atom stereocenters. The zero-order valence-corrected chi connectivity index (χ0v) is 12.4. The Hall–Kier alpha value is -1.95. The van der Waals surface area contributed by atoms with Crippen LogP contribution in [0.2, 0.25) is 0 Å². The van der Waals surface area contributed by atoms with Crippen LogP contribution < -0.4 is 5.32 Å². The van der Waals surface area contributed by atoms with E-state index in [0.717, 1.165) is 22.2 Å². The molecule has 2 aromatic rings. The normalized spacial score (nSPS) is 10.3. The molecule has 0 aromatic carbocycles. The number of aromatic nitrogens is 2. The van der Waals surface area contributed by atoms with E-state index in [2.05, 4.69) is 15.3 Å². The quantitative estimate of drug-likeness (QED) is 0.829. The Morgan fingerprint density at radius 1 is 1.45 bits per heavy atom. The van der Waals surface area contributed by atoms with E-state index in [4.69, 9.17) is 4.74 Å². The maximum Gasteiger partial charge on any atom is 0.306 e. The Bertz CT molecular complexity index is 566. The maximum absolute atomic E-state index is 11.3. The molecule has 0 spiro atoms. The van der Waals surface area contributed by atoms with E-state index in [0.29, 0.717) is 19.4 Å². The fraction of sp³-hybridized carbons (Fsp3) is 0.357. The van der Waals surface area contributed by atoms with Crippen molar-refractivity contribution in [3.05, 3.63) is 35.1 Å². The van der Waals surface area contributed by atoms with Gasteiger partial charge in [-0.1, -0.05) is 0 Å². The second-order valence-corrected chi connectivity index (χ2v) is 5.12. The van der Waals surface area contributed by atoms with Crippen molar-refractivity contribution in [1.29, 1.82) is 0 Å². The molecular weight excluding hydrogens is 274 g/mol. The van der Waals surface area contributed by atoms with Crippen molar-refractivity contribution in [3.63, 3.8) is 0 Å². The summed E-state index contributed by atoms with van der Waals surface area (Å²) in [5.41, 5.74) is 2.78. The average Bonchev–Trinajstić information content (AvgIpc) is 2.87. The number of nitrogens with one attached hydrogen (secondary N) is 1. The van der Waals surface area contributed by atoms with Gasteiger partial charge in [-0.05, 0) is 26.0 Å². The molecule has 6 heteroatoms. The number of aryl methyl sites for hydroxylation is 2. The van der Waals surface area contributed by atoms with Gasteiger partial charge in [0.15, 0.2) is 5.13 Å². The van der Waals surface area contributed by atoms with Gasteiger partial charge in [-0.3, -0.25) is 9.78 Å². The Kier molecular flexibility index (Phi) is 5.06. The summed E-state index contributed by atoms with van der Waals surface area (Å²) >= 11 is 1.51. The van der Waals surface area contributed by atoms with E-state index in [1.807, 2.05) is 24.4 Å². The first-order valence-electron chi connectivity index (χ1n) is 6.47. The summed E-state index contributed by atoms with van der Waals surface area (Å²) in [7, 11) is 0. The molecule has 0 aliphatic carbocycles. The van der Waals surface area contributed by atoms with E-state index >= 15 is 0 Å². The molecule has 0 fully saturated rings. The Balaban J connectivity index is 1.88. The van der Waals surface area contributed by atoms with Gasteiger partial charge in [-0.15, -0.1) is 11.3 Å². The highest BCUT2D eigenvalue weighted by Crippen LogP contribution is 2.21. The summed E-state index contributed by atoms with van der Waals surface area (Å²) < 4.78 is 4.89. The fourth-order valence-corrected chi connectivity index (χ4v) is 2.37. The van der Waals surface area contributed by atoms with Crippen molar-refractivity contribution in [1.82, 2.24) is 9.97 Å². The van der Waals surface area contributed by atoms with Crippen LogP contribution in [0.15, 0.2) is 23.7 Å². The molecule has 0 aliphatic heterocycles. The second-order valence-electron chi connectivity index (χ2n) is 4.26. The zero-order chi connectivity index (χ0) is 14.4. The van der Waals surface area contributed by atoms with Gasteiger partial charge < -0.3 is 10.1 Å². The van der Waals surface area contributed by atoms with Crippen molar-refractivity contribution in [3.8, 4) is 0 Å². The number of ether oxygens (including phenoxy) is 1. The lowest BCUT2D eigenvalue weighted by Gasteiger charge is -2.02. The van der Waals surface area contributed by atoms with Crippen LogP contribution in [0.25, 0.3) is 0 Å². The highest BCUT2D eigenvalue weighted by atomic mass is 32.1. The topological polar surface area (TPSA) is 64.1 Å². The van der Waals surface area contributed by atoms with Crippen LogP contribution in [-0.2, 0) is 16.0 Å². The standard InChI is InChI=1S/C14H17N3O2S/c1-3-19-13(18)7-6-12-9-20-14(17-12)16-11-5-4-10(2)15-8-11/h4-5,8-9H,3,6-7H2,1-2H3,(H,16,17). The summed E-state index contributed by atoms with van der Waals surface area (Å²) in [6, 6.07) is 3.90. The van der Waals surface area contributed by atoms with Crippen molar-refractivity contribution in [2.45, 2.75) is 26.7 Å². The molecule has 0 amide bonds. The van der Waals surface area contributed by atoms with Crippen LogP contribution in [0, 0.1) is 6.92 Å². The molecular formula is C14H17N3O2S. The van der Waals surface area contributed by atoms with Crippen molar-refractivity contribution >= 4 is 28.1 Å². The van der Waals surface area contributed by atoms with E-state index < -0.39 is 0 Å². The third kappa shape index (κ3) is 4.31. The molecule has 5 nitrogen and oxygen atoms in total. The van der Waals surface area contributed by atoms with Crippen LogP contribution in [0.4, 0.5) is 10.8 Å². The van der Waals surface area contributed by atoms with E-state index in [-0.39, 0.29) is 5.97 Å². The summed E-state index contributed by atoms with van der Waals surface area (Å²) in [6.45, 7) is 4.17. The molecule has 1 N–H and O–H groups in total. The van der Waals surface area contributed by atoms with Crippen molar-refractivity contribution in [2.24, 2.45) is 0 Å². The third-order valence-electron chi connectivity index (χ3n) is 2.60. The molecule has 0 radical (unpaired) electrons. The van der Waals surface area contributed by atoms with Crippen LogP contribution in [0.1, 0.15) is 24.7 Å². The number of hydrogen-bond donors (Lipinski definition) is 1. The van der Waals surface area contributed by atoms with Crippen LogP contribution in [0.3, 0.4) is 0 Å². The average molecular weight is 291 g/mol. The highest BCUT2D eigenvalue weighted by molar-refractivity contribution is 7.13. The number of thiazole rings is 1. The lowest BCUT2D eigenvalue weighted by molar-refractivity contribution is -0.143. The number of rotatable bonds is 6. The fourth-order valence-electron chi connectivity index (χ4n) is 1.61. The molecule has 106 valence electrons. The number of carbonyl (C=O) groups excluding carboxylic acids is 1. The van der Waals surface area contributed by atoms with E-state index in [1.54, 1.807) is 13.1 Å². The summed E-state index contributed by atoms with van der Waals surface area (Å²) in [4.78, 5) is 19.9. The largest absolute Gasteiger partial charge is 0.466 e. The van der Waals surface area contributed by atoms with Gasteiger partial charge in [0, 0.05) is 17.5 Å². The molecule has 0 bridgehead atoms. The third-order valence-corrected chi connectivity index (χ3v) is 3.41. The Labute approximate surface area is 122 Å². The molecule has 0 aliphatic rings. The minimum atomic E-state index is -0.183. The van der Waals surface area contributed by atoms with Crippen LogP contribution >= 0.6 is 11.3 Å². The number of pyridine rings is 1. The molecule has 2 heterocycles. The number of anilines is 2. The van der Waals surface area contributed by atoms with Gasteiger partial charge in [0.25, 0.3) is 0 Å². The van der Waals surface area contributed by atoms with E-state index in [1.165, 1.54) is 11.3 Å². The molecule has 20 heavy (non-hydrogen) atoms. The Morgan fingerprint density at radius 2 is 2.30 bits per heavy atom. The predicted octanol–water partition coefficient (Wildman–Crippen LogP) is 3.09. The molecule has 0 saturated carbocycles. The second kappa shape index (κ2) is 7.00. The monoisotopic (exact) mass is 291 g/mol. The minimum absolute atomic E-state index is 0.183. The van der Waals surface area contributed by atoms with Gasteiger partial charge in [0.1, 0.15) is 0 Å². The molecule has 2 aromatic heterocycles. The van der Waals surface area contributed by atoms with E-state index in [9.17, 15) is 4.79 Å². The zero-order valence-electron chi connectivity index (χ0n) is 11.5. The number of carbonyl (C=O) groups is 1. The van der Waals surface area contributed by atoms with Crippen molar-refractivity contribution in [2.75, 3.05) is 11.9 Å². The van der Waals surface area contributed by atoms with Crippen molar-refractivity contribution < 1.29 is 9.53 Å².